The maximum Gasteiger partial charge on any atom is 0.323 e. The van der Waals surface area contributed by atoms with Gasteiger partial charge in [-0.15, -0.1) is 0 Å². The molecular weight excluding hydrogens is 136 g/mol. The highest BCUT2D eigenvalue weighted by Gasteiger charge is 2.71. The molecule has 0 spiro atoms. The summed E-state index contributed by atoms with van der Waals surface area (Å²) < 4.78 is 4.56. The summed E-state index contributed by atoms with van der Waals surface area (Å²) in [5, 5.41) is 8.58. The molecule has 4 nitrogen and oxygen atoms in total. The smallest absolute Gasteiger partial charge is 0.323 e. The molecule has 2 fully saturated rings. The molecule has 54 valence electrons. The van der Waals surface area contributed by atoms with Crippen molar-refractivity contribution in [1.82, 2.24) is 0 Å². The summed E-state index contributed by atoms with van der Waals surface area (Å²) in [5.74, 6) is -1.62. The number of carboxylic acid groups (broad SMARTS) is 1. The molecule has 0 aromatic rings. The molecule has 10 heavy (non-hydrogen) atoms. The van der Waals surface area contributed by atoms with Gasteiger partial charge in [-0.2, -0.15) is 0 Å². The Morgan fingerprint density at radius 3 is 2.70 bits per heavy atom. The molecule has 0 bridgehead atoms. The number of carbonyl (C=O) groups excluding carboxylic acids is 1. The summed E-state index contributed by atoms with van der Waals surface area (Å²) in [6.45, 7) is 0.297. The van der Waals surface area contributed by atoms with E-state index in [2.05, 4.69) is 4.74 Å². The molecule has 1 saturated heterocycles. The average molecular weight is 142 g/mol. The van der Waals surface area contributed by atoms with Crippen LogP contribution >= 0.6 is 0 Å². The van der Waals surface area contributed by atoms with Crippen LogP contribution in [0.3, 0.4) is 0 Å². The minimum absolute atomic E-state index is 0.0440. The molecule has 0 aromatic heterocycles. The van der Waals surface area contributed by atoms with Crippen molar-refractivity contribution in [3.63, 3.8) is 0 Å². The van der Waals surface area contributed by atoms with Crippen molar-refractivity contribution in [3.05, 3.63) is 0 Å². The van der Waals surface area contributed by atoms with Crippen LogP contribution in [0.5, 0.6) is 0 Å². The van der Waals surface area contributed by atoms with Crippen LogP contribution in [0, 0.1) is 11.3 Å². The minimum atomic E-state index is -1.12. The first-order valence-electron chi connectivity index (χ1n) is 3.08. The highest BCUT2D eigenvalue weighted by Crippen LogP contribution is 2.57. The number of esters is 1. The van der Waals surface area contributed by atoms with Crippen molar-refractivity contribution in [2.24, 2.45) is 11.3 Å². The molecule has 1 N–H and O–H groups in total. The van der Waals surface area contributed by atoms with Crippen molar-refractivity contribution in [1.29, 1.82) is 0 Å². The predicted octanol–water partition coefficient (Wildman–Crippen LogP) is -0.366. The van der Waals surface area contributed by atoms with Gasteiger partial charge in [0.15, 0.2) is 5.41 Å². The third-order valence-corrected chi connectivity index (χ3v) is 2.27. The highest BCUT2D eigenvalue weighted by atomic mass is 16.5. The topological polar surface area (TPSA) is 63.6 Å². The van der Waals surface area contributed by atoms with Gasteiger partial charge in [0.2, 0.25) is 0 Å². The van der Waals surface area contributed by atoms with Gasteiger partial charge in [0.05, 0.1) is 6.61 Å². The third-order valence-electron chi connectivity index (χ3n) is 2.27. The fourth-order valence-corrected chi connectivity index (χ4v) is 1.44. The maximum absolute atomic E-state index is 10.8. The SMILES string of the molecule is O=C(O)C12C[C@H]1COC2=O. The molecule has 1 saturated carbocycles. The van der Waals surface area contributed by atoms with E-state index in [0.717, 1.165) is 0 Å². The summed E-state index contributed by atoms with van der Waals surface area (Å²) in [6, 6.07) is 0. The normalized spacial score (nSPS) is 42.4. The first-order valence-corrected chi connectivity index (χ1v) is 3.08. The molecule has 0 amide bonds. The number of fused-ring (bicyclic) bond motifs is 1. The minimum Gasteiger partial charge on any atom is -0.480 e. The van der Waals surface area contributed by atoms with Crippen LogP contribution in [0.4, 0.5) is 0 Å². The van der Waals surface area contributed by atoms with E-state index in [-0.39, 0.29) is 5.92 Å². The fraction of sp³-hybridized carbons (Fsp3) is 0.667. The van der Waals surface area contributed by atoms with Crippen LogP contribution in [-0.4, -0.2) is 23.7 Å². The van der Waals surface area contributed by atoms with E-state index in [1.807, 2.05) is 0 Å². The number of hydrogen-bond donors (Lipinski definition) is 1. The Bertz CT molecular complexity index is 222. The lowest BCUT2D eigenvalue weighted by Crippen LogP contribution is -2.23. The number of hydrogen-bond acceptors (Lipinski definition) is 3. The number of rotatable bonds is 1. The Balaban J connectivity index is 2.33. The van der Waals surface area contributed by atoms with Crippen LogP contribution in [0.25, 0.3) is 0 Å². The first kappa shape index (κ1) is 5.70. The second-order valence-corrected chi connectivity index (χ2v) is 2.78. The monoisotopic (exact) mass is 142 g/mol. The van der Waals surface area contributed by atoms with E-state index in [1.54, 1.807) is 0 Å². The Labute approximate surface area is 56.8 Å². The lowest BCUT2D eigenvalue weighted by atomic mass is 10.1. The Kier molecular flexibility index (Phi) is 0.760. The third kappa shape index (κ3) is 0.394. The maximum atomic E-state index is 10.8. The Morgan fingerprint density at radius 1 is 1.80 bits per heavy atom. The Hall–Kier alpha value is -1.06. The quantitative estimate of drug-likeness (QED) is 0.401. The van der Waals surface area contributed by atoms with Gasteiger partial charge in [0, 0.05) is 5.92 Å². The van der Waals surface area contributed by atoms with Gasteiger partial charge < -0.3 is 9.84 Å². The molecule has 2 atom stereocenters. The van der Waals surface area contributed by atoms with Crippen LogP contribution in [-0.2, 0) is 14.3 Å². The number of aliphatic carboxylic acids is 1. The van der Waals surface area contributed by atoms with Gasteiger partial charge in [0.25, 0.3) is 0 Å². The summed E-state index contributed by atoms with van der Waals surface area (Å²) in [5.41, 5.74) is -1.12. The van der Waals surface area contributed by atoms with Crippen molar-refractivity contribution in [2.45, 2.75) is 6.42 Å². The van der Waals surface area contributed by atoms with Gasteiger partial charge in [-0.25, -0.2) is 0 Å². The van der Waals surface area contributed by atoms with Crippen molar-refractivity contribution >= 4 is 11.9 Å². The largest absolute Gasteiger partial charge is 0.480 e. The van der Waals surface area contributed by atoms with E-state index in [0.29, 0.717) is 13.0 Å². The zero-order chi connectivity index (χ0) is 7.35. The first-order chi connectivity index (χ1) is 4.68. The summed E-state index contributed by atoms with van der Waals surface area (Å²) in [6.07, 6.45) is 0.473. The molecule has 1 aliphatic heterocycles. The van der Waals surface area contributed by atoms with E-state index in [4.69, 9.17) is 5.11 Å². The Morgan fingerprint density at radius 2 is 2.50 bits per heavy atom. The summed E-state index contributed by atoms with van der Waals surface area (Å²) in [7, 11) is 0. The lowest BCUT2D eigenvalue weighted by molar-refractivity contribution is -0.156. The van der Waals surface area contributed by atoms with E-state index >= 15 is 0 Å². The van der Waals surface area contributed by atoms with Crippen molar-refractivity contribution in [3.8, 4) is 0 Å². The molecule has 1 aliphatic carbocycles. The van der Waals surface area contributed by atoms with Gasteiger partial charge in [-0.3, -0.25) is 9.59 Å². The van der Waals surface area contributed by atoms with Crippen molar-refractivity contribution < 1.29 is 19.4 Å². The summed E-state index contributed by atoms with van der Waals surface area (Å²) >= 11 is 0. The molecule has 4 heteroatoms. The van der Waals surface area contributed by atoms with Gasteiger partial charge in [-0.1, -0.05) is 0 Å². The van der Waals surface area contributed by atoms with Gasteiger partial charge >= 0.3 is 11.9 Å². The zero-order valence-corrected chi connectivity index (χ0v) is 5.16. The molecular formula is C6H6O4. The molecule has 2 aliphatic rings. The molecule has 1 heterocycles. The second-order valence-electron chi connectivity index (χ2n) is 2.78. The highest BCUT2D eigenvalue weighted by molar-refractivity contribution is 6.04. The number of ether oxygens (including phenoxy) is 1. The van der Waals surface area contributed by atoms with Gasteiger partial charge in [0.1, 0.15) is 0 Å². The van der Waals surface area contributed by atoms with E-state index in [9.17, 15) is 9.59 Å². The van der Waals surface area contributed by atoms with Crippen molar-refractivity contribution in [2.75, 3.05) is 6.61 Å². The van der Waals surface area contributed by atoms with E-state index in [1.165, 1.54) is 0 Å². The predicted molar refractivity (Wildman–Crippen MR) is 29.1 cm³/mol. The molecule has 0 radical (unpaired) electrons. The number of carbonyl (C=O) groups is 2. The molecule has 1 unspecified atom stereocenters. The van der Waals surface area contributed by atoms with Gasteiger partial charge in [-0.05, 0) is 6.42 Å². The summed E-state index contributed by atoms with van der Waals surface area (Å²) in [4.78, 5) is 21.3. The average Bonchev–Trinajstić information content (AvgIpc) is 2.52. The molecule has 2 rings (SSSR count). The van der Waals surface area contributed by atoms with Crippen LogP contribution in [0.15, 0.2) is 0 Å². The number of carboxylic acids is 1. The number of cyclic esters (lactones) is 1. The molecule has 0 aromatic carbocycles. The zero-order valence-electron chi connectivity index (χ0n) is 5.16. The second kappa shape index (κ2) is 1.33. The lowest BCUT2D eigenvalue weighted by Gasteiger charge is -1.99. The fourth-order valence-electron chi connectivity index (χ4n) is 1.44. The van der Waals surface area contributed by atoms with E-state index < -0.39 is 17.4 Å². The van der Waals surface area contributed by atoms with Crippen LogP contribution < -0.4 is 0 Å². The van der Waals surface area contributed by atoms with Crippen LogP contribution in [0.2, 0.25) is 0 Å². The standard InChI is InChI=1S/C6H6O4/c7-4(8)6-1-3(6)2-10-5(6)9/h3H,1-2H2,(H,7,8)/t3-,6?/m0/s1. The van der Waals surface area contributed by atoms with Crippen LogP contribution in [0.1, 0.15) is 6.42 Å².